The van der Waals surface area contributed by atoms with Gasteiger partial charge in [0.05, 0.1) is 12.0 Å². The molecule has 4 nitrogen and oxygen atoms in total. The van der Waals surface area contributed by atoms with Crippen LogP contribution in [-0.2, 0) is 0 Å². The second kappa shape index (κ2) is 5.06. The minimum Gasteiger partial charge on any atom is -0.496 e. The van der Waals surface area contributed by atoms with E-state index in [9.17, 15) is 4.79 Å². The Bertz CT molecular complexity index is 395. The Morgan fingerprint density at radius 3 is 2.65 bits per heavy atom. The Kier molecular flexibility index (Phi) is 3.69. The molecule has 0 aromatic carbocycles. The summed E-state index contributed by atoms with van der Waals surface area (Å²) in [5.41, 5.74) is 0. The average molecular weight is 254 g/mol. The number of carbonyl (C=O) groups excluding carboxylic acids is 1. The van der Waals surface area contributed by atoms with Gasteiger partial charge >= 0.3 is 0 Å². The van der Waals surface area contributed by atoms with Crippen LogP contribution in [0.15, 0.2) is 11.4 Å². The highest BCUT2D eigenvalue weighted by molar-refractivity contribution is 7.12. The lowest BCUT2D eigenvalue weighted by Crippen LogP contribution is -2.55. The average Bonchev–Trinajstić information content (AvgIpc) is 2.75. The standard InChI is InChI=1S/C12H18N2O2S/c1-8-5-14(6-9(2)13-8)12(15)11-4-10(16-3)7-17-11/h4,7-9,13H,5-6H2,1-3H3/t8-,9+. The van der Waals surface area contributed by atoms with E-state index < -0.39 is 0 Å². The Labute approximate surface area is 106 Å². The van der Waals surface area contributed by atoms with Gasteiger partial charge in [-0.2, -0.15) is 0 Å². The molecule has 2 atom stereocenters. The number of methoxy groups -OCH3 is 1. The second-order valence-corrected chi connectivity index (χ2v) is 5.44. The lowest BCUT2D eigenvalue weighted by molar-refractivity contribution is 0.0678. The fourth-order valence-corrected chi connectivity index (χ4v) is 3.01. The van der Waals surface area contributed by atoms with E-state index in [1.165, 1.54) is 11.3 Å². The Hall–Kier alpha value is -1.07. The van der Waals surface area contributed by atoms with Crippen LogP contribution < -0.4 is 10.1 Å². The molecule has 5 heteroatoms. The molecule has 94 valence electrons. The van der Waals surface area contributed by atoms with Gasteiger partial charge in [0.15, 0.2) is 0 Å². The second-order valence-electron chi connectivity index (χ2n) is 4.53. The van der Waals surface area contributed by atoms with Gasteiger partial charge in [0.25, 0.3) is 5.91 Å². The van der Waals surface area contributed by atoms with Gasteiger partial charge in [0, 0.05) is 36.6 Å². The van der Waals surface area contributed by atoms with E-state index >= 15 is 0 Å². The zero-order valence-electron chi connectivity index (χ0n) is 10.4. The van der Waals surface area contributed by atoms with Gasteiger partial charge in [-0.1, -0.05) is 0 Å². The molecule has 0 spiro atoms. The molecule has 0 bridgehead atoms. The molecule has 1 aromatic heterocycles. The molecular weight excluding hydrogens is 236 g/mol. The summed E-state index contributed by atoms with van der Waals surface area (Å²) in [5.74, 6) is 0.869. The summed E-state index contributed by atoms with van der Waals surface area (Å²) in [5, 5.41) is 5.28. The van der Waals surface area contributed by atoms with Gasteiger partial charge in [-0.25, -0.2) is 0 Å². The van der Waals surface area contributed by atoms with Crippen molar-refractivity contribution in [2.24, 2.45) is 0 Å². The molecule has 0 unspecified atom stereocenters. The van der Waals surface area contributed by atoms with Crippen LogP contribution in [0.2, 0.25) is 0 Å². The van der Waals surface area contributed by atoms with Crippen molar-refractivity contribution in [3.05, 3.63) is 16.3 Å². The molecule has 2 rings (SSSR count). The summed E-state index contributed by atoms with van der Waals surface area (Å²) in [6, 6.07) is 2.51. The van der Waals surface area contributed by atoms with E-state index in [0.717, 1.165) is 23.7 Å². The maximum atomic E-state index is 12.3. The number of amides is 1. The highest BCUT2D eigenvalue weighted by atomic mass is 32.1. The fourth-order valence-electron chi connectivity index (χ4n) is 2.19. The zero-order chi connectivity index (χ0) is 12.4. The number of rotatable bonds is 2. The first-order valence-electron chi connectivity index (χ1n) is 5.78. The van der Waals surface area contributed by atoms with Crippen molar-refractivity contribution in [2.45, 2.75) is 25.9 Å². The molecule has 1 fully saturated rings. The summed E-state index contributed by atoms with van der Waals surface area (Å²) in [6.07, 6.45) is 0. The van der Waals surface area contributed by atoms with Gasteiger partial charge in [0.1, 0.15) is 5.75 Å². The van der Waals surface area contributed by atoms with Gasteiger partial charge < -0.3 is 15.0 Å². The van der Waals surface area contributed by atoms with Crippen LogP contribution in [0.1, 0.15) is 23.5 Å². The van der Waals surface area contributed by atoms with E-state index in [4.69, 9.17) is 4.74 Å². The first kappa shape index (κ1) is 12.4. The van der Waals surface area contributed by atoms with Gasteiger partial charge in [0.2, 0.25) is 0 Å². The van der Waals surface area contributed by atoms with Crippen LogP contribution in [0.5, 0.6) is 5.75 Å². The molecule has 1 aliphatic rings. The van der Waals surface area contributed by atoms with Crippen LogP contribution in [-0.4, -0.2) is 43.1 Å². The van der Waals surface area contributed by atoms with E-state index in [2.05, 4.69) is 19.2 Å². The molecule has 0 radical (unpaired) electrons. The lowest BCUT2D eigenvalue weighted by Gasteiger charge is -2.35. The van der Waals surface area contributed by atoms with E-state index in [-0.39, 0.29) is 5.91 Å². The Morgan fingerprint density at radius 2 is 2.12 bits per heavy atom. The van der Waals surface area contributed by atoms with Crippen LogP contribution >= 0.6 is 11.3 Å². The molecule has 1 amide bonds. The number of nitrogens with zero attached hydrogens (tertiary/aromatic N) is 1. The molecule has 17 heavy (non-hydrogen) atoms. The van der Waals surface area contributed by atoms with Crippen LogP contribution in [0.3, 0.4) is 0 Å². The first-order valence-corrected chi connectivity index (χ1v) is 6.66. The van der Waals surface area contributed by atoms with Crippen molar-refractivity contribution < 1.29 is 9.53 Å². The fraction of sp³-hybridized carbons (Fsp3) is 0.583. The summed E-state index contributed by atoms with van der Waals surface area (Å²) < 4.78 is 5.10. The number of thiophene rings is 1. The van der Waals surface area contributed by atoms with Crippen LogP contribution in [0.25, 0.3) is 0 Å². The highest BCUT2D eigenvalue weighted by Gasteiger charge is 2.26. The van der Waals surface area contributed by atoms with Crippen molar-refractivity contribution in [3.63, 3.8) is 0 Å². The number of hydrogen-bond acceptors (Lipinski definition) is 4. The monoisotopic (exact) mass is 254 g/mol. The maximum absolute atomic E-state index is 12.3. The molecular formula is C12H18N2O2S. The SMILES string of the molecule is COc1csc(C(=O)N2C[C@@H](C)N[C@@H](C)C2)c1. The normalized spacial score (nSPS) is 24.8. The van der Waals surface area contributed by atoms with Crippen molar-refractivity contribution in [3.8, 4) is 5.75 Å². The third-order valence-corrected chi connectivity index (χ3v) is 3.76. The highest BCUT2D eigenvalue weighted by Crippen LogP contribution is 2.23. The third kappa shape index (κ3) is 2.79. The van der Waals surface area contributed by atoms with Gasteiger partial charge in [-0.15, -0.1) is 11.3 Å². The topological polar surface area (TPSA) is 41.6 Å². The van der Waals surface area contributed by atoms with Crippen molar-refractivity contribution >= 4 is 17.2 Å². The predicted molar refractivity (Wildman–Crippen MR) is 68.8 cm³/mol. The van der Waals surface area contributed by atoms with E-state index in [1.54, 1.807) is 7.11 Å². The zero-order valence-corrected chi connectivity index (χ0v) is 11.2. The molecule has 1 aliphatic heterocycles. The summed E-state index contributed by atoms with van der Waals surface area (Å²) in [6.45, 7) is 5.74. The van der Waals surface area contributed by atoms with Crippen LogP contribution in [0, 0.1) is 0 Å². The molecule has 0 saturated carbocycles. The Morgan fingerprint density at radius 1 is 1.47 bits per heavy atom. The van der Waals surface area contributed by atoms with Gasteiger partial charge in [-0.05, 0) is 13.8 Å². The van der Waals surface area contributed by atoms with Crippen molar-refractivity contribution in [1.82, 2.24) is 10.2 Å². The quantitative estimate of drug-likeness (QED) is 0.871. The first-order chi connectivity index (χ1) is 8.10. The maximum Gasteiger partial charge on any atom is 0.264 e. The molecule has 2 heterocycles. The minimum absolute atomic E-state index is 0.110. The lowest BCUT2D eigenvalue weighted by atomic mass is 10.1. The molecule has 1 aromatic rings. The minimum atomic E-state index is 0.110. The molecule has 1 N–H and O–H groups in total. The van der Waals surface area contributed by atoms with E-state index in [1.807, 2.05) is 16.3 Å². The Balaban J connectivity index is 2.08. The summed E-state index contributed by atoms with van der Waals surface area (Å²) in [7, 11) is 1.62. The number of hydrogen-bond donors (Lipinski definition) is 1. The smallest absolute Gasteiger partial charge is 0.264 e. The number of ether oxygens (including phenoxy) is 1. The van der Waals surface area contributed by atoms with Gasteiger partial charge in [-0.3, -0.25) is 4.79 Å². The predicted octanol–water partition coefficient (Wildman–Crippen LogP) is 1.58. The summed E-state index contributed by atoms with van der Waals surface area (Å²) in [4.78, 5) is 14.9. The molecule has 0 aliphatic carbocycles. The van der Waals surface area contributed by atoms with Crippen molar-refractivity contribution in [1.29, 1.82) is 0 Å². The number of carbonyl (C=O) groups is 1. The molecule has 1 saturated heterocycles. The summed E-state index contributed by atoms with van der Waals surface area (Å²) >= 11 is 1.44. The number of nitrogens with one attached hydrogen (secondary N) is 1. The van der Waals surface area contributed by atoms with Crippen molar-refractivity contribution in [2.75, 3.05) is 20.2 Å². The number of piperazine rings is 1. The van der Waals surface area contributed by atoms with E-state index in [0.29, 0.717) is 12.1 Å². The third-order valence-electron chi connectivity index (χ3n) is 2.87. The largest absolute Gasteiger partial charge is 0.496 e. The van der Waals surface area contributed by atoms with Crippen LogP contribution in [0.4, 0.5) is 0 Å².